The van der Waals surface area contributed by atoms with E-state index in [0.717, 1.165) is 30.3 Å². The van der Waals surface area contributed by atoms with Crippen LogP contribution in [0.15, 0.2) is 71.9 Å². The second-order valence-corrected chi connectivity index (χ2v) is 12.7. The maximum atomic E-state index is 15.0. The van der Waals surface area contributed by atoms with E-state index in [9.17, 15) is 48.3 Å². The fourth-order valence-corrected chi connectivity index (χ4v) is 8.64. The number of sulfone groups is 1. The zero-order valence-corrected chi connectivity index (χ0v) is 22.4. The summed E-state index contributed by atoms with van der Waals surface area (Å²) in [6, 6.07) is 6.96. The predicted molar refractivity (Wildman–Crippen MR) is 136 cm³/mol. The molecule has 1 saturated heterocycles. The summed E-state index contributed by atoms with van der Waals surface area (Å²) in [5.41, 5.74) is -7.40. The number of hydrogen-bond donors (Lipinski definition) is 1. The van der Waals surface area contributed by atoms with Gasteiger partial charge in [-0.15, -0.1) is 0 Å². The van der Waals surface area contributed by atoms with Gasteiger partial charge in [0.05, 0.1) is 22.7 Å². The molecule has 0 saturated carbocycles. The quantitative estimate of drug-likeness (QED) is 0.218. The van der Waals surface area contributed by atoms with Crippen molar-refractivity contribution in [1.29, 1.82) is 0 Å². The number of nitrogens with zero attached hydrogens (tertiary/aromatic N) is 2. The molecule has 226 valence electrons. The molecular formula is C28H19F8N3O3S. The molecule has 2 aliphatic rings. The van der Waals surface area contributed by atoms with Gasteiger partial charge < -0.3 is 9.88 Å². The van der Waals surface area contributed by atoms with Gasteiger partial charge in [-0.25, -0.2) is 17.2 Å². The third kappa shape index (κ3) is 3.99. The van der Waals surface area contributed by atoms with Crippen LogP contribution in [0.1, 0.15) is 33.6 Å². The summed E-state index contributed by atoms with van der Waals surface area (Å²) in [4.78, 5) is 21.4. The van der Waals surface area contributed by atoms with E-state index >= 15 is 0 Å². The fourth-order valence-electron chi connectivity index (χ4n) is 6.30. The van der Waals surface area contributed by atoms with Crippen molar-refractivity contribution < 1.29 is 48.3 Å². The number of amides is 1. The number of alkyl halides is 7. The first kappa shape index (κ1) is 29.1. The molecule has 2 aromatic carbocycles. The van der Waals surface area contributed by atoms with Gasteiger partial charge in [-0.1, -0.05) is 18.2 Å². The van der Waals surface area contributed by atoms with Crippen molar-refractivity contribution in [3.63, 3.8) is 0 Å². The Labute approximate surface area is 238 Å². The Morgan fingerprint density at radius 3 is 2.26 bits per heavy atom. The van der Waals surface area contributed by atoms with Gasteiger partial charge in [0.25, 0.3) is 5.91 Å². The summed E-state index contributed by atoms with van der Waals surface area (Å²) in [7, 11) is -4.56. The smallest absolute Gasteiger partial charge is 0.349 e. The number of carbonyl (C=O) groups excluding carboxylic acids is 1. The van der Waals surface area contributed by atoms with Crippen molar-refractivity contribution in [2.24, 2.45) is 0 Å². The van der Waals surface area contributed by atoms with Gasteiger partial charge >= 0.3 is 18.0 Å². The average molecular weight is 630 g/mol. The standard InChI is InChI=1S/C28H19F8N3O3S/c29-18-2-4-19(5-3-18)43(41,42)25-8-10-39(24(40)21-12-15-7-9-37-14-22(15)38-21)23(25)13-16-11-17(1-6-20(16)25)26(30,27(31,32)33)28(34,35)36/h1-7,9,11-12,14,23,38H,8,10,13H2. The number of rotatable bonds is 4. The first-order valence-corrected chi connectivity index (χ1v) is 14.2. The number of likely N-dealkylation sites (tertiary alicyclic amines) is 1. The van der Waals surface area contributed by atoms with E-state index in [1.165, 1.54) is 23.4 Å². The van der Waals surface area contributed by atoms with Crippen LogP contribution in [-0.4, -0.2) is 54.1 Å². The molecule has 1 fully saturated rings. The van der Waals surface area contributed by atoms with Crippen molar-refractivity contribution in [2.75, 3.05) is 6.54 Å². The Balaban J connectivity index is 1.52. The van der Waals surface area contributed by atoms with Crippen molar-refractivity contribution in [1.82, 2.24) is 14.9 Å². The summed E-state index contributed by atoms with van der Waals surface area (Å²) in [6.07, 6.45) is -10.6. The summed E-state index contributed by atoms with van der Waals surface area (Å²) < 4.78 is 136. The van der Waals surface area contributed by atoms with E-state index < -0.39 is 62.4 Å². The molecule has 15 heteroatoms. The Hall–Kier alpha value is -4.01. The van der Waals surface area contributed by atoms with Crippen LogP contribution in [0.5, 0.6) is 0 Å². The molecule has 1 aliphatic carbocycles. The maximum absolute atomic E-state index is 15.0. The Morgan fingerprint density at radius 2 is 1.63 bits per heavy atom. The molecule has 1 N–H and O–H groups in total. The molecular weight excluding hydrogens is 610 g/mol. The minimum Gasteiger partial charge on any atom is -0.349 e. The summed E-state index contributed by atoms with van der Waals surface area (Å²) in [5, 5.41) is 0.612. The predicted octanol–water partition coefficient (Wildman–Crippen LogP) is 6.13. The summed E-state index contributed by atoms with van der Waals surface area (Å²) >= 11 is 0. The van der Waals surface area contributed by atoms with Crippen LogP contribution < -0.4 is 0 Å². The van der Waals surface area contributed by atoms with Crippen molar-refractivity contribution in [3.05, 3.63) is 95.2 Å². The number of aromatic nitrogens is 2. The molecule has 4 aromatic rings. The largest absolute Gasteiger partial charge is 0.435 e. The van der Waals surface area contributed by atoms with Gasteiger partial charge in [0, 0.05) is 23.7 Å². The van der Waals surface area contributed by atoms with E-state index in [1.54, 1.807) is 6.07 Å². The number of hydrogen-bond acceptors (Lipinski definition) is 4. The maximum Gasteiger partial charge on any atom is 0.435 e. The molecule has 0 bridgehead atoms. The minimum atomic E-state index is -6.38. The van der Waals surface area contributed by atoms with Gasteiger partial charge in [0.2, 0.25) is 0 Å². The zero-order valence-electron chi connectivity index (χ0n) is 21.6. The number of benzene rings is 2. The van der Waals surface area contributed by atoms with Crippen molar-refractivity contribution in [3.8, 4) is 0 Å². The highest BCUT2D eigenvalue weighted by molar-refractivity contribution is 7.92. The van der Waals surface area contributed by atoms with Crippen molar-refractivity contribution in [2.45, 2.75) is 46.5 Å². The van der Waals surface area contributed by atoms with Gasteiger partial charge in [-0.3, -0.25) is 9.78 Å². The number of carbonyl (C=O) groups is 1. The third-order valence-corrected chi connectivity index (χ3v) is 10.9. The first-order chi connectivity index (χ1) is 20.0. The second kappa shape index (κ2) is 9.24. The average Bonchev–Trinajstić information content (AvgIpc) is 3.62. The van der Waals surface area contributed by atoms with Gasteiger partial charge in [-0.05, 0) is 60.4 Å². The van der Waals surface area contributed by atoms with Crippen LogP contribution in [0.3, 0.4) is 0 Å². The molecule has 2 unspecified atom stereocenters. The number of nitrogens with one attached hydrogen (secondary N) is 1. The molecule has 2 aromatic heterocycles. The number of pyridine rings is 1. The number of fused-ring (bicyclic) bond motifs is 4. The minimum absolute atomic E-state index is 0.0477. The number of halogens is 8. The van der Waals surface area contributed by atoms with Crippen LogP contribution in [0.2, 0.25) is 0 Å². The third-order valence-electron chi connectivity index (χ3n) is 8.31. The van der Waals surface area contributed by atoms with E-state index in [2.05, 4.69) is 9.97 Å². The van der Waals surface area contributed by atoms with Crippen LogP contribution in [0, 0.1) is 5.82 Å². The van der Waals surface area contributed by atoms with E-state index in [-0.39, 0.29) is 40.7 Å². The summed E-state index contributed by atoms with van der Waals surface area (Å²) in [6.45, 7) is -0.142. The highest BCUT2D eigenvalue weighted by Gasteiger charge is 2.74. The van der Waals surface area contributed by atoms with E-state index in [0.29, 0.717) is 17.0 Å². The Bertz CT molecular complexity index is 1820. The van der Waals surface area contributed by atoms with E-state index in [4.69, 9.17) is 0 Å². The first-order valence-electron chi connectivity index (χ1n) is 12.7. The van der Waals surface area contributed by atoms with Crippen molar-refractivity contribution >= 4 is 26.6 Å². The second-order valence-electron chi connectivity index (χ2n) is 10.5. The number of aromatic amines is 1. The zero-order chi connectivity index (χ0) is 31.2. The molecule has 2 atom stereocenters. The molecule has 6 nitrogen and oxygen atoms in total. The lowest BCUT2D eigenvalue weighted by Gasteiger charge is -2.33. The van der Waals surface area contributed by atoms with Crippen LogP contribution in [0.25, 0.3) is 10.9 Å². The molecule has 3 heterocycles. The van der Waals surface area contributed by atoms with Crippen LogP contribution in [0.4, 0.5) is 35.1 Å². The molecule has 6 rings (SSSR count). The number of H-pyrrole nitrogens is 1. The molecule has 0 radical (unpaired) electrons. The Kier molecular flexibility index (Phi) is 6.25. The lowest BCUT2D eigenvalue weighted by molar-refractivity contribution is -0.348. The molecule has 1 aliphatic heterocycles. The topological polar surface area (TPSA) is 83.1 Å². The highest BCUT2D eigenvalue weighted by atomic mass is 32.2. The van der Waals surface area contributed by atoms with Gasteiger partial charge in [-0.2, -0.15) is 26.3 Å². The van der Waals surface area contributed by atoms with Crippen LogP contribution in [-0.2, 0) is 26.7 Å². The monoisotopic (exact) mass is 629 g/mol. The Morgan fingerprint density at radius 1 is 0.953 bits per heavy atom. The van der Waals surface area contributed by atoms with Gasteiger partial charge in [0.15, 0.2) is 9.84 Å². The van der Waals surface area contributed by atoms with Gasteiger partial charge in [0.1, 0.15) is 16.3 Å². The molecule has 1 amide bonds. The highest BCUT2D eigenvalue weighted by Crippen LogP contribution is 2.57. The SMILES string of the molecule is O=C(c1cc2ccncc2[nH]1)N1CCC2(S(=O)(=O)c3ccc(F)cc3)c3ccc(C(F)(C(F)(F)F)C(F)(F)F)cc3CC12. The van der Waals surface area contributed by atoms with Crippen LogP contribution >= 0.6 is 0 Å². The molecule has 43 heavy (non-hydrogen) atoms. The lowest BCUT2D eigenvalue weighted by Crippen LogP contribution is -2.50. The summed E-state index contributed by atoms with van der Waals surface area (Å²) in [5.74, 6) is -1.42. The molecule has 0 spiro atoms. The fraction of sp³-hybridized carbons (Fsp3) is 0.286. The lowest BCUT2D eigenvalue weighted by atomic mass is 9.90. The van der Waals surface area contributed by atoms with E-state index in [1.807, 2.05) is 0 Å². The normalized spacial score (nSPS) is 20.8.